The average Bonchev–Trinajstić information content (AvgIpc) is 3.64. The van der Waals surface area contributed by atoms with E-state index in [9.17, 15) is 22.6 Å². The Balaban J connectivity index is 1.22. The van der Waals surface area contributed by atoms with Gasteiger partial charge in [0.15, 0.2) is 12.6 Å². The van der Waals surface area contributed by atoms with E-state index in [2.05, 4.69) is 17.3 Å². The molecule has 1 saturated heterocycles. The third-order valence-electron chi connectivity index (χ3n) is 8.69. The van der Waals surface area contributed by atoms with Crippen molar-refractivity contribution in [1.29, 1.82) is 0 Å². The Kier molecular flexibility index (Phi) is 9.48. The fourth-order valence-electron chi connectivity index (χ4n) is 5.96. The van der Waals surface area contributed by atoms with Gasteiger partial charge < -0.3 is 19.5 Å². The molecule has 48 heavy (non-hydrogen) atoms. The van der Waals surface area contributed by atoms with E-state index in [1.165, 1.54) is 0 Å². The van der Waals surface area contributed by atoms with Crippen LogP contribution < -0.4 is 14.8 Å². The van der Waals surface area contributed by atoms with Crippen LogP contribution in [-0.2, 0) is 26.9 Å². The molecule has 12 heteroatoms. The summed E-state index contributed by atoms with van der Waals surface area (Å²) in [5.74, 6) is -2.68. The van der Waals surface area contributed by atoms with Crippen LogP contribution in [0.25, 0.3) is 16.6 Å². The van der Waals surface area contributed by atoms with Gasteiger partial charge in [0.1, 0.15) is 17.6 Å². The maximum atomic E-state index is 13.8. The van der Waals surface area contributed by atoms with E-state index in [0.717, 1.165) is 22.9 Å². The number of fused-ring (bicyclic) bond motifs is 2. The maximum absolute atomic E-state index is 13.8. The van der Waals surface area contributed by atoms with E-state index in [1.807, 2.05) is 24.3 Å². The summed E-state index contributed by atoms with van der Waals surface area (Å²) < 4.78 is 58.5. The highest BCUT2D eigenvalue weighted by molar-refractivity contribution is 7.85. The number of benzene rings is 3. The molecule has 0 saturated carbocycles. The number of ether oxygens (including phenoxy) is 3. The van der Waals surface area contributed by atoms with Crippen LogP contribution in [-0.4, -0.2) is 55.9 Å². The first-order chi connectivity index (χ1) is 22.9. The molecule has 1 amide bonds. The summed E-state index contributed by atoms with van der Waals surface area (Å²) in [4.78, 5) is 25.2. The first-order valence-corrected chi connectivity index (χ1v) is 17.2. The molecule has 0 spiro atoms. The van der Waals surface area contributed by atoms with Crippen LogP contribution in [0.15, 0.2) is 79.0 Å². The number of carbonyl (C=O) groups excluding carboxylic acids is 2. The quantitative estimate of drug-likeness (QED) is 0.143. The smallest absolute Gasteiger partial charge is 0.321 e. The second kappa shape index (κ2) is 13.6. The molecule has 3 aromatic carbocycles. The lowest BCUT2D eigenvalue weighted by Gasteiger charge is -2.28. The Morgan fingerprint density at radius 2 is 2.02 bits per heavy atom. The van der Waals surface area contributed by atoms with Gasteiger partial charge in [-0.25, -0.2) is 4.68 Å². The summed E-state index contributed by atoms with van der Waals surface area (Å²) in [6.45, 7) is 4.74. The average molecular weight is 678 g/mol. The molecular weight excluding hydrogens is 640 g/mol. The highest BCUT2D eigenvalue weighted by atomic mass is 32.2. The molecule has 2 aliphatic heterocycles. The summed E-state index contributed by atoms with van der Waals surface area (Å²) in [5, 5.41) is 7.69. The predicted octanol–water partition coefficient (Wildman–Crippen LogP) is 6.46. The Hall–Kier alpha value is -4.42. The maximum Gasteiger partial charge on any atom is 0.321 e. The lowest BCUT2D eigenvalue weighted by atomic mass is 9.86. The second-order valence-electron chi connectivity index (χ2n) is 12.8. The highest BCUT2D eigenvalue weighted by Gasteiger charge is 2.36. The van der Waals surface area contributed by atoms with Gasteiger partial charge in [0, 0.05) is 45.7 Å². The van der Waals surface area contributed by atoms with Gasteiger partial charge in [-0.3, -0.25) is 13.8 Å². The van der Waals surface area contributed by atoms with Crippen LogP contribution >= 0.6 is 0 Å². The molecule has 0 bridgehead atoms. The molecule has 1 fully saturated rings. The summed E-state index contributed by atoms with van der Waals surface area (Å²) in [7, 11) is -0.781. The number of rotatable bonds is 11. The highest BCUT2D eigenvalue weighted by Crippen LogP contribution is 2.35. The van der Waals surface area contributed by atoms with E-state index < -0.39 is 34.8 Å². The third-order valence-corrected chi connectivity index (χ3v) is 10.4. The zero-order valence-electron chi connectivity index (χ0n) is 26.9. The lowest BCUT2D eigenvalue weighted by Crippen LogP contribution is -2.46. The Morgan fingerprint density at radius 1 is 1.19 bits per heavy atom. The SMILES string of the molecule is C[C@H](NC(=O)C(C)(F)F)[C@H](Oc1ccc2c(cnn2-c2cccc(C(=O)/C=C\C[C@]3(C)CCS(=O)C3)c2)c1)c1ccc2c(c1)OCOC2. The van der Waals surface area contributed by atoms with E-state index >= 15 is 0 Å². The minimum Gasteiger partial charge on any atom is -0.484 e. The Morgan fingerprint density at radius 3 is 2.79 bits per heavy atom. The summed E-state index contributed by atoms with van der Waals surface area (Å²) in [6.07, 6.45) is 5.88. The van der Waals surface area contributed by atoms with Crippen molar-refractivity contribution in [3.8, 4) is 17.2 Å². The Labute approximate surface area is 279 Å². The number of allylic oxidation sites excluding steroid dienone is 2. The van der Waals surface area contributed by atoms with Crippen molar-refractivity contribution < 1.29 is 36.8 Å². The molecule has 9 nitrogen and oxygen atoms in total. The van der Waals surface area contributed by atoms with Crippen LogP contribution in [0.3, 0.4) is 0 Å². The Bertz CT molecular complexity index is 1900. The molecular formula is C36H37F2N3O6S. The first kappa shape index (κ1) is 33.5. The second-order valence-corrected chi connectivity index (χ2v) is 14.4. The molecule has 4 atom stereocenters. The minimum atomic E-state index is -3.56. The number of aromatic nitrogens is 2. The van der Waals surface area contributed by atoms with Gasteiger partial charge in [-0.05, 0) is 73.2 Å². The largest absolute Gasteiger partial charge is 0.484 e. The van der Waals surface area contributed by atoms with Gasteiger partial charge in [0.2, 0.25) is 0 Å². The number of ketones is 1. The van der Waals surface area contributed by atoms with E-state index in [4.69, 9.17) is 14.2 Å². The van der Waals surface area contributed by atoms with Crippen molar-refractivity contribution in [3.05, 3.63) is 95.7 Å². The van der Waals surface area contributed by atoms with Gasteiger partial charge in [-0.1, -0.05) is 37.3 Å². The molecule has 0 aliphatic carbocycles. The molecule has 1 aromatic heterocycles. The molecule has 0 radical (unpaired) electrons. The topological polar surface area (TPSA) is 109 Å². The van der Waals surface area contributed by atoms with Crippen LogP contribution in [0.1, 0.15) is 61.2 Å². The molecule has 3 heterocycles. The molecule has 6 rings (SSSR count). The normalized spacial score (nSPS) is 20.6. The fourth-order valence-corrected chi connectivity index (χ4v) is 7.86. The monoisotopic (exact) mass is 677 g/mol. The van der Waals surface area contributed by atoms with E-state index in [1.54, 1.807) is 66.3 Å². The van der Waals surface area contributed by atoms with E-state index in [0.29, 0.717) is 59.8 Å². The number of nitrogens with zero attached hydrogens (tertiary/aromatic N) is 2. The van der Waals surface area contributed by atoms with Crippen molar-refractivity contribution in [2.75, 3.05) is 18.3 Å². The summed E-state index contributed by atoms with van der Waals surface area (Å²) in [5.41, 5.74) is 3.40. The standard InChI is InChI=1S/C36H37F2N3O6S/c1-23(40-34(43)36(3,37)38)33(25-9-10-26-20-45-22-46-32(26)18-25)47-29-11-12-30-27(17-29)19-39-41(30)28-7-4-6-24(16-28)31(42)8-5-13-35(2)14-15-48(44)21-35/h4-12,16-19,23,33H,13-15,20-22H2,1-3H3,(H,40,43)/b8-5-/t23-,33-,35+,48?/m0/s1. The lowest BCUT2D eigenvalue weighted by molar-refractivity contribution is -0.144. The first-order valence-electron chi connectivity index (χ1n) is 15.7. The van der Waals surface area contributed by atoms with Gasteiger partial charge in [-0.2, -0.15) is 13.9 Å². The minimum absolute atomic E-state index is 0.0411. The summed E-state index contributed by atoms with van der Waals surface area (Å²) in [6, 6.07) is 17.1. The number of hydrogen-bond acceptors (Lipinski definition) is 7. The number of nitrogens with one attached hydrogen (secondary N) is 1. The summed E-state index contributed by atoms with van der Waals surface area (Å²) >= 11 is 0. The van der Waals surface area contributed by atoms with Crippen molar-refractivity contribution in [1.82, 2.24) is 15.1 Å². The third kappa shape index (κ3) is 7.50. The molecule has 2 aliphatic rings. The number of amides is 1. The van der Waals surface area contributed by atoms with Crippen LogP contribution in [0, 0.1) is 5.41 Å². The van der Waals surface area contributed by atoms with Crippen molar-refractivity contribution in [2.45, 2.75) is 58.3 Å². The number of alkyl halides is 2. The van der Waals surface area contributed by atoms with Crippen molar-refractivity contribution >= 4 is 33.4 Å². The number of carbonyl (C=O) groups is 2. The number of halogens is 2. The molecule has 1 N–H and O–H groups in total. The molecule has 4 aromatic rings. The van der Waals surface area contributed by atoms with Crippen molar-refractivity contribution in [3.63, 3.8) is 0 Å². The molecule has 1 unspecified atom stereocenters. The van der Waals surface area contributed by atoms with E-state index in [-0.39, 0.29) is 18.0 Å². The zero-order valence-corrected chi connectivity index (χ0v) is 27.7. The zero-order chi connectivity index (χ0) is 34.1. The van der Waals surface area contributed by atoms with Crippen molar-refractivity contribution in [2.24, 2.45) is 5.41 Å². The van der Waals surface area contributed by atoms with Gasteiger partial charge in [0.05, 0.1) is 30.0 Å². The van der Waals surface area contributed by atoms with Crippen LogP contribution in [0.4, 0.5) is 8.78 Å². The van der Waals surface area contributed by atoms with Crippen LogP contribution in [0.5, 0.6) is 11.5 Å². The van der Waals surface area contributed by atoms with Gasteiger partial charge >= 0.3 is 5.92 Å². The van der Waals surface area contributed by atoms with Gasteiger partial charge in [-0.15, -0.1) is 0 Å². The molecule has 252 valence electrons. The van der Waals surface area contributed by atoms with Crippen LogP contribution in [0.2, 0.25) is 0 Å². The predicted molar refractivity (Wildman–Crippen MR) is 178 cm³/mol. The van der Waals surface area contributed by atoms with Gasteiger partial charge in [0.25, 0.3) is 5.91 Å². The number of hydrogen-bond donors (Lipinski definition) is 1. The fraction of sp³-hybridized carbons (Fsp3) is 0.361.